The molecule has 9 heteroatoms. The molecule has 1 aliphatic heterocycles. The van der Waals surface area contributed by atoms with Crippen LogP contribution in [0.25, 0.3) is 0 Å². The highest BCUT2D eigenvalue weighted by Crippen LogP contribution is 2.28. The van der Waals surface area contributed by atoms with Gasteiger partial charge in [0.1, 0.15) is 6.54 Å². The SMILES string of the molecule is Cl.O=C(Cn1ccc(=O)[nH]c1=O)N1CCNCC1c1ccccc1Cl. The summed E-state index contributed by atoms with van der Waals surface area (Å²) in [5, 5.41) is 3.86. The molecular formula is C16H18Cl2N4O3. The summed E-state index contributed by atoms with van der Waals surface area (Å²) in [6.07, 6.45) is 1.33. The number of aromatic nitrogens is 2. The van der Waals surface area contributed by atoms with Crippen LogP contribution in [-0.2, 0) is 11.3 Å². The summed E-state index contributed by atoms with van der Waals surface area (Å²) in [5.74, 6) is -0.199. The van der Waals surface area contributed by atoms with Crippen molar-refractivity contribution in [2.24, 2.45) is 0 Å². The van der Waals surface area contributed by atoms with Gasteiger partial charge in [0.25, 0.3) is 5.56 Å². The number of carbonyl (C=O) groups excluding carboxylic acids is 1. The Morgan fingerprint density at radius 2 is 2.00 bits per heavy atom. The van der Waals surface area contributed by atoms with E-state index in [1.54, 1.807) is 11.0 Å². The zero-order valence-corrected chi connectivity index (χ0v) is 14.8. The van der Waals surface area contributed by atoms with Crippen molar-refractivity contribution in [3.63, 3.8) is 0 Å². The van der Waals surface area contributed by atoms with Gasteiger partial charge in [0.2, 0.25) is 5.91 Å². The quantitative estimate of drug-likeness (QED) is 0.818. The van der Waals surface area contributed by atoms with E-state index in [1.807, 2.05) is 18.2 Å². The predicted molar refractivity (Wildman–Crippen MR) is 97.3 cm³/mol. The molecule has 0 saturated carbocycles. The second-order valence-electron chi connectivity index (χ2n) is 5.57. The number of halogens is 2. The Morgan fingerprint density at radius 3 is 2.72 bits per heavy atom. The fourth-order valence-electron chi connectivity index (χ4n) is 2.83. The number of hydrogen-bond donors (Lipinski definition) is 2. The lowest BCUT2D eigenvalue weighted by molar-refractivity contribution is -0.135. The van der Waals surface area contributed by atoms with Gasteiger partial charge in [0.05, 0.1) is 6.04 Å². The van der Waals surface area contributed by atoms with Gasteiger partial charge in [-0.25, -0.2) is 4.79 Å². The Balaban J connectivity index is 0.00000225. The summed E-state index contributed by atoms with van der Waals surface area (Å²) in [6, 6.07) is 8.43. The lowest BCUT2D eigenvalue weighted by Gasteiger charge is -2.37. The van der Waals surface area contributed by atoms with Crippen LogP contribution >= 0.6 is 24.0 Å². The first-order valence-electron chi connectivity index (χ1n) is 7.60. The largest absolute Gasteiger partial charge is 0.331 e. The Kier molecular flexibility index (Phi) is 6.41. The number of nitrogens with one attached hydrogen (secondary N) is 2. The lowest BCUT2D eigenvalue weighted by Crippen LogP contribution is -2.50. The Bertz CT molecular complexity index is 865. The minimum Gasteiger partial charge on any atom is -0.331 e. The van der Waals surface area contributed by atoms with E-state index in [9.17, 15) is 14.4 Å². The molecule has 3 rings (SSSR count). The molecule has 0 spiro atoms. The average molecular weight is 385 g/mol. The summed E-state index contributed by atoms with van der Waals surface area (Å²) in [4.78, 5) is 39.5. The Hall–Kier alpha value is -2.09. The third-order valence-electron chi connectivity index (χ3n) is 4.03. The number of aromatic amines is 1. The molecule has 0 radical (unpaired) electrons. The van der Waals surface area contributed by atoms with Gasteiger partial charge in [0, 0.05) is 36.9 Å². The van der Waals surface area contributed by atoms with Crippen LogP contribution < -0.4 is 16.6 Å². The van der Waals surface area contributed by atoms with Crippen molar-refractivity contribution in [1.29, 1.82) is 0 Å². The molecular weight excluding hydrogens is 367 g/mol. The van der Waals surface area contributed by atoms with E-state index in [4.69, 9.17) is 11.6 Å². The van der Waals surface area contributed by atoms with Crippen molar-refractivity contribution in [2.45, 2.75) is 12.6 Å². The first kappa shape index (κ1) is 19.2. The van der Waals surface area contributed by atoms with Crippen molar-refractivity contribution in [1.82, 2.24) is 19.8 Å². The van der Waals surface area contributed by atoms with E-state index in [-0.39, 0.29) is 30.9 Å². The van der Waals surface area contributed by atoms with Crippen molar-refractivity contribution in [2.75, 3.05) is 19.6 Å². The molecule has 1 saturated heterocycles. The van der Waals surface area contributed by atoms with E-state index in [0.29, 0.717) is 24.7 Å². The molecule has 1 amide bonds. The lowest BCUT2D eigenvalue weighted by atomic mass is 10.0. The van der Waals surface area contributed by atoms with Crippen molar-refractivity contribution in [3.8, 4) is 0 Å². The highest BCUT2D eigenvalue weighted by Gasteiger charge is 2.29. The van der Waals surface area contributed by atoms with Crippen LogP contribution in [0.3, 0.4) is 0 Å². The number of rotatable bonds is 3. The highest BCUT2D eigenvalue weighted by atomic mass is 35.5. The third-order valence-corrected chi connectivity index (χ3v) is 4.37. The van der Waals surface area contributed by atoms with E-state index >= 15 is 0 Å². The van der Waals surface area contributed by atoms with Crippen LogP contribution in [-0.4, -0.2) is 40.0 Å². The van der Waals surface area contributed by atoms with E-state index < -0.39 is 11.2 Å². The third kappa shape index (κ3) is 4.31. The number of amides is 1. The molecule has 134 valence electrons. The molecule has 2 N–H and O–H groups in total. The average Bonchev–Trinajstić information content (AvgIpc) is 2.58. The van der Waals surface area contributed by atoms with Crippen LogP contribution in [0, 0.1) is 0 Å². The highest BCUT2D eigenvalue weighted by molar-refractivity contribution is 6.31. The molecule has 2 heterocycles. The predicted octanol–water partition coefficient (Wildman–Crippen LogP) is 0.785. The zero-order chi connectivity index (χ0) is 17.1. The molecule has 1 aliphatic rings. The van der Waals surface area contributed by atoms with E-state index in [0.717, 1.165) is 5.56 Å². The number of nitrogens with zero attached hydrogens (tertiary/aromatic N) is 2. The van der Waals surface area contributed by atoms with E-state index in [1.165, 1.54) is 16.8 Å². The van der Waals surface area contributed by atoms with Gasteiger partial charge in [-0.2, -0.15) is 0 Å². The van der Waals surface area contributed by atoms with Gasteiger partial charge < -0.3 is 10.2 Å². The van der Waals surface area contributed by atoms with Crippen LogP contribution in [0.1, 0.15) is 11.6 Å². The smallest absolute Gasteiger partial charge is 0.328 e. The van der Waals surface area contributed by atoms with Gasteiger partial charge in [0.15, 0.2) is 0 Å². The van der Waals surface area contributed by atoms with Gasteiger partial charge in [-0.3, -0.25) is 19.1 Å². The van der Waals surface area contributed by atoms with Crippen LogP contribution in [0.4, 0.5) is 0 Å². The first-order chi connectivity index (χ1) is 11.6. The normalized spacial score (nSPS) is 17.0. The zero-order valence-electron chi connectivity index (χ0n) is 13.3. The summed E-state index contributed by atoms with van der Waals surface area (Å²) in [5.41, 5.74) is -0.214. The number of hydrogen-bond acceptors (Lipinski definition) is 4. The molecule has 7 nitrogen and oxygen atoms in total. The number of carbonyl (C=O) groups is 1. The maximum Gasteiger partial charge on any atom is 0.328 e. The van der Waals surface area contributed by atoms with Crippen molar-refractivity contribution < 1.29 is 4.79 Å². The molecule has 1 atom stereocenters. The second-order valence-corrected chi connectivity index (χ2v) is 5.97. The van der Waals surface area contributed by atoms with Crippen molar-refractivity contribution >= 4 is 29.9 Å². The number of piperazine rings is 1. The fourth-order valence-corrected chi connectivity index (χ4v) is 3.09. The molecule has 1 aromatic heterocycles. The number of benzene rings is 1. The maximum atomic E-state index is 12.7. The molecule has 1 fully saturated rings. The van der Waals surface area contributed by atoms with Gasteiger partial charge in [-0.05, 0) is 11.6 Å². The first-order valence-corrected chi connectivity index (χ1v) is 7.98. The topological polar surface area (TPSA) is 87.2 Å². The Labute approximate surface area is 155 Å². The fraction of sp³-hybridized carbons (Fsp3) is 0.312. The minimum absolute atomic E-state index is 0. The van der Waals surface area contributed by atoms with Gasteiger partial charge in [-0.1, -0.05) is 29.8 Å². The van der Waals surface area contributed by atoms with Gasteiger partial charge >= 0.3 is 5.69 Å². The molecule has 1 unspecified atom stereocenters. The summed E-state index contributed by atoms with van der Waals surface area (Å²) >= 11 is 6.27. The molecule has 1 aromatic carbocycles. The molecule has 25 heavy (non-hydrogen) atoms. The molecule has 2 aromatic rings. The molecule has 0 bridgehead atoms. The van der Waals surface area contributed by atoms with Crippen LogP contribution in [0.2, 0.25) is 5.02 Å². The summed E-state index contributed by atoms with van der Waals surface area (Å²) < 4.78 is 1.19. The monoisotopic (exact) mass is 384 g/mol. The summed E-state index contributed by atoms with van der Waals surface area (Å²) in [7, 11) is 0. The molecule has 0 aliphatic carbocycles. The second kappa shape index (κ2) is 8.33. The maximum absolute atomic E-state index is 12.7. The van der Waals surface area contributed by atoms with E-state index in [2.05, 4.69) is 10.3 Å². The van der Waals surface area contributed by atoms with Crippen molar-refractivity contribution in [3.05, 3.63) is 68.0 Å². The number of H-pyrrole nitrogens is 1. The standard InChI is InChI=1S/C16H17ClN4O3.ClH/c17-12-4-2-1-3-11(12)13-9-18-6-8-21(13)15(23)10-20-7-5-14(22)19-16(20)24;/h1-5,7,13,18H,6,8-10H2,(H,19,22,24);1H. The Morgan fingerprint density at radius 1 is 1.24 bits per heavy atom. The van der Waals surface area contributed by atoms with Crippen LogP contribution in [0.15, 0.2) is 46.1 Å². The minimum atomic E-state index is -0.597. The van der Waals surface area contributed by atoms with Crippen LogP contribution in [0.5, 0.6) is 0 Å². The van der Waals surface area contributed by atoms with Gasteiger partial charge in [-0.15, -0.1) is 12.4 Å². The summed E-state index contributed by atoms with van der Waals surface area (Å²) in [6.45, 7) is 1.66.